The Balaban J connectivity index is 1.86. The molecule has 1 aromatic rings. The van der Waals surface area contributed by atoms with Gasteiger partial charge in [-0.3, -0.25) is 4.90 Å². The van der Waals surface area contributed by atoms with Crippen molar-refractivity contribution < 1.29 is 0 Å². The first kappa shape index (κ1) is 13.3. The first-order valence-electron chi connectivity index (χ1n) is 7.06. The van der Waals surface area contributed by atoms with E-state index < -0.39 is 0 Å². The number of nitrogens with zero attached hydrogens (tertiary/aromatic N) is 1. The van der Waals surface area contributed by atoms with Gasteiger partial charge in [0.05, 0.1) is 0 Å². The fraction of sp³-hybridized carbons (Fsp3) is 0.500. The van der Waals surface area contributed by atoms with Gasteiger partial charge in [0.2, 0.25) is 0 Å². The Hall–Kier alpha value is -1.12. The van der Waals surface area contributed by atoms with Crippen molar-refractivity contribution in [2.75, 3.05) is 19.6 Å². The molecule has 1 unspecified atom stereocenters. The molecule has 1 aliphatic heterocycles. The van der Waals surface area contributed by atoms with Crippen LogP contribution in [0.3, 0.4) is 0 Å². The van der Waals surface area contributed by atoms with Crippen LogP contribution in [0.15, 0.2) is 36.4 Å². The maximum absolute atomic E-state index is 5.70. The second-order valence-corrected chi connectivity index (χ2v) is 5.03. The van der Waals surface area contributed by atoms with Crippen LogP contribution in [0, 0.1) is 0 Å². The average Bonchev–Trinajstić information content (AvgIpc) is 2.42. The Morgan fingerprint density at radius 3 is 2.83 bits per heavy atom. The zero-order valence-electron chi connectivity index (χ0n) is 11.1. The zero-order valence-corrected chi connectivity index (χ0v) is 11.1. The van der Waals surface area contributed by atoms with E-state index in [0.717, 1.165) is 19.5 Å². The number of rotatable bonds is 5. The van der Waals surface area contributed by atoms with E-state index in [0.29, 0.717) is 6.04 Å². The average molecular weight is 244 g/mol. The van der Waals surface area contributed by atoms with Gasteiger partial charge in [0.15, 0.2) is 0 Å². The summed E-state index contributed by atoms with van der Waals surface area (Å²) in [7, 11) is 0. The van der Waals surface area contributed by atoms with Crippen LogP contribution in [0.5, 0.6) is 0 Å². The number of piperidine rings is 1. The molecule has 0 aromatic heterocycles. The lowest BCUT2D eigenvalue weighted by molar-refractivity contribution is 0.158. The smallest absolute Gasteiger partial charge is 0.0169 e. The van der Waals surface area contributed by atoms with Crippen molar-refractivity contribution in [1.29, 1.82) is 0 Å². The van der Waals surface area contributed by atoms with Crippen LogP contribution in [-0.2, 0) is 0 Å². The quantitative estimate of drug-likeness (QED) is 0.863. The molecule has 0 spiro atoms. The first-order chi connectivity index (χ1) is 8.90. The second-order valence-electron chi connectivity index (χ2n) is 5.03. The summed E-state index contributed by atoms with van der Waals surface area (Å²) in [5.74, 6) is 0. The van der Waals surface area contributed by atoms with Crippen molar-refractivity contribution in [3.63, 3.8) is 0 Å². The van der Waals surface area contributed by atoms with Crippen LogP contribution in [0.4, 0.5) is 0 Å². The Kier molecular flexibility index (Phi) is 5.43. The maximum atomic E-state index is 5.70. The van der Waals surface area contributed by atoms with E-state index in [1.165, 1.54) is 31.4 Å². The lowest BCUT2D eigenvalue weighted by atomic mass is 9.99. The molecule has 1 heterocycles. The Morgan fingerprint density at radius 2 is 2.06 bits per heavy atom. The molecular formula is C16H24N2. The molecule has 0 bridgehead atoms. The summed E-state index contributed by atoms with van der Waals surface area (Å²) in [6.45, 7) is 3.09. The topological polar surface area (TPSA) is 29.3 Å². The minimum absolute atomic E-state index is 0.698. The van der Waals surface area contributed by atoms with Crippen LogP contribution in [-0.4, -0.2) is 30.6 Å². The summed E-state index contributed by atoms with van der Waals surface area (Å²) in [5.41, 5.74) is 6.98. The van der Waals surface area contributed by atoms with Crippen molar-refractivity contribution in [1.82, 2.24) is 4.90 Å². The number of nitrogens with two attached hydrogens (primary N) is 1. The molecule has 2 heteroatoms. The van der Waals surface area contributed by atoms with Crippen molar-refractivity contribution in [2.24, 2.45) is 5.73 Å². The monoisotopic (exact) mass is 244 g/mol. The van der Waals surface area contributed by atoms with E-state index in [-0.39, 0.29) is 0 Å². The maximum Gasteiger partial charge on any atom is 0.0169 e. The van der Waals surface area contributed by atoms with Gasteiger partial charge < -0.3 is 5.73 Å². The van der Waals surface area contributed by atoms with Gasteiger partial charge in [-0.15, -0.1) is 0 Å². The zero-order chi connectivity index (χ0) is 12.6. The van der Waals surface area contributed by atoms with E-state index in [2.05, 4.69) is 47.4 Å². The highest BCUT2D eigenvalue weighted by atomic mass is 15.2. The predicted octanol–water partition coefficient (Wildman–Crippen LogP) is 2.90. The molecule has 0 saturated carbocycles. The molecule has 1 aromatic carbocycles. The Labute approximate surface area is 110 Å². The molecule has 0 radical (unpaired) electrons. The normalized spacial score (nSPS) is 21.5. The summed E-state index contributed by atoms with van der Waals surface area (Å²) in [5, 5.41) is 0. The molecule has 1 aliphatic rings. The number of hydrogen-bond acceptors (Lipinski definition) is 2. The van der Waals surface area contributed by atoms with Gasteiger partial charge in [0.1, 0.15) is 0 Å². The lowest BCUT2D eigenvalue weighted by Crippen LogP contribution is -2.40. The first-order valence-corrected chi connectivity index (χ1v) is 7.06. The van der Waals surface area contributed by atoms with Crippen molar-refractivity contribution in [3.8, 4) is 0 Å². The van der Waals surface area contributed by atoms with E-state index in [9.17, 15) is 0 Å². The van der Waals surface area contributed by atoms with E-state index in [1.807, 2.05) is 0 Å². The minimum atomic E-state index is 0.698. The SMILES string of the molecule is NCCC1CCCCN1CC=Cc1ccccc1. The molecule has 18 heavy (non-hydrogen) atoms. The summed E-state index contributed by atoms with van der Waals surface area (Å²) >= 11 is 0. The highest BCUT2D eigenvalue weighted by Crippen LogP contribution is 2.19. The largest absolute Gasteiger partial charge is 0.330 e. The highest BCUT2D eigenvalue weighted by molar-refractivity contribution is 5.48. The highest BCUT2D eigenvalue weighted by Gasteiger charge is 2.19. The van der Waals surface area contributed by atoms with Gasteiger partial charge >= 0.3 is 0 Å². The fourth-order valence-corrected chi connectivity index (χ4v) is 2.71. The molecule has 1 fully saturated rings. The standard InChI is InChI=1S/C16H24N2/c17-12-11-16-10-4-5-13-18(16)14-6-9-15-7-2-1-3-8-15/h1-3,6-9,16H,4-5,10-14,17H2. The molecule has 2 N–H and O–H groups in total. The molecule has 98 valence electrons. The molecule has 2 rings (SSSR count). The van der Waals surface area contributed by atoms with Crippen LogP contribution in [0.1, 0.15) is 31.2 Å². The molecule has 1 atom stereocenters. The summed E-state index contributed by atoms with van der Waals surface area (Å²) in [6, 6.07) is 11.2. The van der Waals surface area contributed by atoms with E-state index in [1.54, 1.807) is 0 Å². The summed E-state index contributed by atoms with van der Waals surface area (Å²) < 4.78 is 0. The van der Waals surface area contributed by atoms with Gasteiger partial charge in [-0.25, -0.2) is 0 Å². The predicted molar refractivity (Wildman–Crippen MR) is 78.4 cm³/mol. The Bertz CT molecular complexity index is 357. The van der Waals surface area contributed by atoms with Crippen LogP contribution in [0.2, 0.25) is 0 Å². The van der Waals surface area contributed by atoms with E-state index >= 15 is 0 Å². The van der Waals surface area contributed by atoms with Crippen LogP contribution < -0.4 is 5.73 Å². The molecule has 1 saturated heterocycles. The molecular weight excluding hydrogens is 220 g/mol. The summed E-state index contributed by atoms with van der Waals surface area (Å²) in [6.07, 6.45) is 9.65. The van der Waals surface area contributed by atoms with E-state index in [4.69, 9.17) is 5.73 Å². The van der Waals surface area contributed by atoms with Crippen LogP contribution in [0.25, 0.3) is 6.08 Å². The summed E-state index contributed by atoms with van der Waals surface area (Å²) in [4.78, 5) is 2.58. The molecule has 2 nitrogen and oxygen atoms in total. The van der Waals surface area contributed by atoms with Gasteiger partial charge in [-0.05, 0) is 37.9 Å². The minimum Gasteiger partial charge on any atom is -0.330 e. The third kappa shape index (κ3) is 3.97. The van der Waals surface area contributed by atoms with Gasteiger partial charge in [0, 0.05) is 12.6 Å². The van der Waals surface area contributed by atoms with Crippen molar-refractivity contribution in [3.05, 3.63) is 42.0 Å². The van der Waals surface area contributed by atoms with Gasteiger partial charge in [0.25, 0.3) is 0 Å². The second kappa shape index (κ2) is 7.34. The van der Waals surface area contributed by atoms with Gasteiger partial charge in [-0.2, -0.15) is 0 Å². The molecule has 0 aliphatic carbocycles. The van der Waals surface area contributed by atoms with Gasteiger partial charge in [-0.1, -0.05) is 48.9 Å². The number of hydrogen-bond donors (Lipinski definition) is 1. The lowest BCUT2D eigenvalue weighted by Gasteiger charge is -2.34. The van der Waals surface area contributed by atoms with Crippen LogP contribution >= 0.6 is 0 Å². The fourth-order valence-electron chi connectivity index (χ4n) is 2.71. The number of benzene rings is 1. The third-order valence-corrected chi connectivity index (χ3v) is 3.70. The number of likely N-dealkylation sites (tertiary alicyclic amines) is 1. The molecule has 0 amide bonds. The third-order valence-electron chi connectivity index (χ3n) is 3.70. The van der Waals surface area contributed by atoms with Crippen molar-refractivity contribution in [2.45, 2.75) is 31.7 Å². The Morgan fingerprint density at radius 1 is 1.22 bits per heavy atom. The van der Waals surface area contributed by atoms with Crippen molar-refractivity contribution >= 4 is 6.08 Å².